The summed E-state index contributed by atoms with van der Waals surface area (Å²) in [6.45, 7) is 1.03. The van der Waals surface area contributed by atoms with Gasteiger partial charge >= 0.3 is 6.18 Å². The van der Waals surface area contributed by atoms with E-state index in [-0.39, 0.29) is 28.6 Å². The molecule has 5 heterocycles. The van der Waals surface area contributed by atoms with Crippen molar-refractivity contribution in [3.63, 3.8) is 0 Å². The van der Waals surface area contributed by atoms with Crippen molar-refractivity contribution in [2.24, 2.45) is 0 Å². The number of imidazole rings is 1. The molecule has 0 radical (unpaired) electrons. The van der Waals surface area contributed by atoms with Crippen molar-refractivity contribution < 1.29 is 27.8 Å². The molecule has 3 unspecified atom stereocenters. The van der Waals surface area contributed by atoms with Crippen molar-refractivity contribution in [2.45, 2.75) is 57.3 Å². The lowest BCUT2D eigenvalue weighted by atomic mass is 9.96. The maximum absolute atomic E-state index is 14.1. The van der Waals surface area contributed by atoms with Gasteiger partial charge in [0.2, 0.25) is 0 Å². The highest BCUT2D eigenvalue weighted by atomic mass is 19.4. The average molecular weight is 492 g/mol. The molecule has 4 aromatic heterocycles. The van der Waals surface area contributed by atoms with Gasteiger partial charge < -0.3 is 10.2 Å². The number of nitrogens with zero attached hydrogens (tertiary/aromatic N) is 6. The molecule has 1 fully saturated rings. The third-order valence-electron chi connectivity index (χ3n) is 6.50. The van der Waals surface area contributed by atoms with E-state index in [0.717, 1.165) is 4.68 Å². The molecule has 0 amide bonds. The Morgan fingerprint density at radius 2 is 2.03 bits per heavy atom. The summed E-state index contributed by atoms with van der Waals surface area (Å²) in [5.74, 6) is -0.571. The van der Waals surface area contributed by atoms with E-state index in [9.17, 15) is 27.8 Å². The first kappa shape index (κ1) is 23.6. The highest BCUT2D eigenvalue weighted by Crippen LogP contribution is 2.33. The Bertz CT molecular complexity index is 1370. The van der Waals surface area contributed by atoms with Gasteiger partial charge in [-0.25, -0.2) is 9.37 Å². The van der Waals surface area contributed by atoms with Crippen molar-refractivity contribution >= 4 is 16.6 Å². The van der Waals surface area contributed by atoms with Crippen LogP contribution in [-0.2, 0) is 6.54 Å². The summed E-state index contributed by atoms with van der Waals surface area (Å²) in [7, 11) is 0. The number of fused-ring (bicyclic) bond motifs is 2. The van der Waals surface area contributed by atoms with E-state index in [4.69, 9.17) is 0 Å². The minimum atomic E-state index is -4.54. The molecule has 1 aliphatic heterocycles. The number of aromatic nitrogens is 5. The number of piperidine rings is 1. The zero-order chi connectivity index (χ0) is 24.9. The number of alkyl halides is 3. The summed E-state index contributed by atoms with van der Waals surface area (Å²) in [6.07, 6.45) is -0.195. The van der Waals surface area contributed by atoms with Crippen molar-refractivity contribution in [1.82, 2.24) is 29.0 Å². The van der Waals surface area contributed by atoms with E-state index in [2.05, 4.69) is 15.1 Å². The number of likely N-dealkylation sites (tertiary alicyclic amines) is 1. The van der Waals surface area contributed by atoms with Crippen molar-refractivity contribution in [2.75, 3.05) is 6.54 Å². The van der Waals surface area contributed by atoms with E-state index < -0.39 is 30.9 Å². The number of aliphatic hydroxyl groups is 2. The van der Waals surface area contributed by atoms with E-state index >= 15 is 0 Å². The molecule has 1 aliphatic rings. The van der Waals surface area contributed by atoms with Crippen molar-refractivity contribution in [1.29, 1.82) is 0 Å². The van der Waals surface area contributed by atoms with Crippen LogP contribution < -0.4 is 0 Å². The molecule has 0 aliphatic carbocycles. The Hall–Kier alpha value is -3.09. The van der Waals surface area contributed by atoms with E-state index in [1.54, 1.807) is 11.1 Å². The smallest absolute Gasteiger partial charge is 0.393 e. The largest absolute Gasteiger partial charge is 0.408 e. The minimum Gasteiger partial charge on any atom is -0.393 e. The standard InChI is InChI=1S/C23H24F4N6O2/c1-2-13-8-14(34)5-7-31(13)22(35)17-9-18-15(10-28-17)20(30-33(18)12-23(25,26)27)19-11-29-21-16(24)4-3-6-32(19)21/h3-4,6,9-11,13-14,22,34-35H,2,5,7-8,12H2,1H3. The lowest BCUT2D eigenvalue weighted by molar-refractivity contribution is -0.141. The number of hydrogen-bond acceptors (Lipinski definition) is 6. The molecule has 12 heteroatoms. The number of aliphatic hydroxyl groups excluding tert-OH is 2. The predicted molar refractivity (Wildman–Crippen MR) is 119 cm³/mol. The molecule has 0 aromatic carbocycles. The van der Waals surface area contributed by atoms with Gasteiger partial charge in [-0.15, -0.1) is 0 Å². The van der Waals surface area contributed by atoms with Gasteiger partial charge in [-0.1, -0.05) is 6.92 Å². The molecular formula is C23H24F4N6O2. The van der Waals surface area contributed by atoms with Gasteiger partial charge in [0, 0.05) is 30.4 Å². The Morgan fingerprint density at radius 3 is 2.77 bits per heavy atom. The lowest BCUT2D eigenvalue weighted by Gasteiger charge is -2.40. The highest BCUT2D eigenvalue weighted by molar-refractivity contribution is 5.92. The number of halogens is 4. The summed E-state index contributed by atoms with van der Waals surface area (Å²) >= 11 is 0. The lowest BCUT2D eigenvalue weighted by Crippen LogP contribution is -2.46. The maximum atomic E-state index is 14.1. The summed E-state index contributed by atoms with van der Waals surface area (Å²) in [4.78, 5) is 10.2. The third kappa shape index (κ3) is 4.37. The van der Waals surface area contributed by atoms with E-state index in [1.165, 1.54) is 35.0 Å². The Kier molecular flexibility index (Phi) is 5.98. The van der Waals surface area contributed by atoms with Crippen LogP contribution in [0.5, 0.6) is 0 Å². The van der Waals surface area contributed by atoms with Crippen LogP contribution in [0.3, 0.4) is 0 Å². The third-order valence-corrected chi connectivity index (χ3v) is 6.50. The number of pyridine rings is 2. The first-order chi connectivity index (χ1) is 16.7. The van der Waals surface area contributed by atoms with Crippen LogP contribution in [0.15, 0.2) is 36.8 Å². The Morgan fingerprint density at radius 1 is 1.23 bits per heavy atom. The Balaban J connectivity index is 1.61. The van der Waals surface area contributed by atoms with Crippen molar-refractivity contribution in [3.05, 3.63) is 48.3 Å². The molecule has 5 rings (SSSR count). The normalized spacial score (nSPS) is 20.7. The summed E-state index contributed by atoms with van der Waals surface area (Å²) < 4.78 is 56.5. The van der Waals surface area contributed by atoms with Gasteiger partial charge in [-0.3, -0.25) is 19.0 Å². The van der Waals surface area contributed by atoms with Crippen LogP contribution in [0.25, 0.3) is 27.9 Å². The van der Waals surface area contributed by atoms with Crippen LogP contribution in [0.2, 0.25) is 0 Å². The maximum Gasteiger partial charge on any atom is 0.408 e. The molecule has 3 atom stereocenters. The second-order valence-electron chi connectivity index (χ2n) is 8.79. The monoisotopic (exact) mass is 492 g/mol. The molecule has 0 bridgehead atoms. The fourth-order valence-corrected chi connectivity index (χ4v) is 4.80. The summed E-state index contributed by atoms with van der Waals surface area (Å²) in [5, 5.41) is 25.5. The molecule has 4 aromatic rings. The Labute approximate surface area is 197 Å². The molecular weight excluding hydrogens is 468 g/mol. The van der Waals surface area contributed by atoms with Gasteiger partial charge in [-0.05, 0) is 37.5 Å². The van der Waals surface area contributed by atoms with Crippen LogP contribution in [-0.4, -0.2) is 64.1 Å². The molecule has 186 valence electrons. The molecule has 0 saturated carbocycles. The second-order valence-corrected chi connectivity index (χ2v) is 8.79. The zero-order valence-electron chi connectivity index (χ0n) is 18.8. The molecule has 2 N–H and O–H groups in total. The fourth-order valence-electron chi connectivity index (χ4n) is 4.80. The van der Waals surface area contributed by atoms with Crippen LogP contribution >= 0.6 is 0 Å². The van der Waals surface area contributed by atoms with E-state index in [0.29, 0.717) is 36.9 Å². The molecule has 35 heavy (non-hydrogen) atoms. The van der Waals surface area contributed by atoms with E-state index in [1.807, 2.05) is 6.92 Å². The van der Waals surface area contributed by atoms with Crippen molar-refractivity contribution in [3.8, 4) is 11.4 Å². The first-order valence-corrected chi connectivity index (χ1v) is 11.3. The number of hydrogen-bond donors (Lipinski definition) is 2. The summed E-state index contributed by atoms with van der Waals surface area (Å²) in [6, 6.07) is 4.03. The van der Waals surface area contributed by atoms with Gasteiger partial charge in [-0.2, -0.15) is 18.3 Å². The molecule has 0 spiro atoms. The minimum absolute atomic E-state index is 0.0268. The van der Waals surface area contributed by atoms with Gasteiger partial charge in [0.25, 0.3) is 0 Å². The first-order valence-electron chi connectivity index (χ1n) is 11.3. The van der Waals surface area contributed by atoms with Crippen LogP contribution in [0.1, 0.15) is 38.1 Å². The SMILES string of the molecule is CCC1CC(O)CCN1C(O)c1cc2c(cn1)c(-c1cnc3c(F)cccn13)nn2CC(F)(F)F. The topological polar surface area (TPSA) is 91.7 Å². The van der Waals surface area contributed by atoms with Gasteiger partial charge in [0.15, 0.2) is 17.7 Å². The summed E-state index contributed by atoms with van der Waals surface area (Å²) in [5.41, 5.74) is 0.836. The zero-order valence-corrected chi connectivity index (χ0v) is 18.8. The fraction of sp³-hybridized carbons (Fsp3) is 0.435. The van der Waals surface area contributed by atoms with Gasteiger partial charge in [0.1, 0.15) is 12.2 Å². The molecule has 1 saturated heterocycles. The highest BCUT2D eigenvalue weighted by Gasteiger charge is 2.34. The average Bonchev–Trinajstić information content (AvgIpc) is 3.39. The second kappa shape index (κ2) is 8.85. The molecule has 8 nitrogen and oxygen atoms in total. The number of rotatable bonds is 5. The van der Waals surface area contributed by atoms with Crippen LogP contribution in [0.4, 0.5) is 17.6 Å². The van der Waals surface area contributed by atoms with Gasteiger partial charge in [0.05, 0.1) is 29.2 Å². The quantitative estimate of drug-likeness (QED) is 0.413. The van der Waals surface area contributed by atoms with Crippen LogP contribution in [0, 0.1) is 5.82 Å². The predicted octanol–water partition coefficient (Wildman–Crippen LogP) is 3.67.